The number of carbonyl (C=O) groups excluding carboxylic acids is 1. The molecular weight excluding hydrogens is 362 g/mol. The number of H-pyrrole nitrogens is 1. The second-order valence-corrected chi connectivity index (χ2v) is 8.02. The predicted octanol–water partition coefficient (Wildman–Crippen LogP) is 3.33. The Labute approximate surface area is 169 Å². The van der Waals surface area contributed by atoms with Crippen LogP contribution in [0.1, 0.15) is 12.0 Å². The molecule has 144 valence electrons. The molecule has 5 rings (SSSR count). The molecule has 1 N–H and O–H groups in total. The Balaban J connectivity index is 1.48. The van der Waals surface area contributed by atoms with Crippen molar-refractivity contribution in [1.29, 1.82) is 5.26 Å². The molecule has 3 aromatic rings. The van der Waals surface area contributed by atoms with E-state index in [1.165, 1.54) is 6.08 Å². The maximum atomic E-state index is 11.8. The molecule has 0 aliphatic carbocycles. The van der Waals surface area contributed by atoms with Gasteiger partial charge in [-0.1, -0.05) is 30.8 Å². The SMILES string of the molecule is C=CC(=O)N1CC2(CCN(c3cccc(-c4cccc5[nH]ncc45)c3C#N)C2)C1. The molecule has 3 heterocycles. The highest BCUT2D eigenvalue weighted by Gasteiger charge is 2.49. The highest BCUT2D eigenvalue weighted by atomic mass is 16.2. The summed E-state index contributed by atoms with van der Waals surface area (Å²) in [5.41, 5.74) is 4.68. The van der Waals surface area contributed by atoms with Gasteiger partial charge in [0.2, 0.25) is 5.91 Å². The number of anilines is 1. The van der Waals surface area contributed by atoms with E-state index in [9.17, 15) is 10.1 Å². The number of fused-ring (bicyclic) bond motifs is 1. The van der Waals surface area contributed by atoms with Gasteiger partial charge in [-0.2, -0.15) is 10.4 Å². The second-order valence-electron chi connectivity index (χ2n) is 8.02. The summed E-state index contributed by atoms with van der Waals surface area (Å²) < 4.78 is 0. The van der Waals surface area contributed by atoms with Crippen molar-refractivity contribution in [1.82, 2.24) is 15.1 Å². The van der Waals surface area contributed by atoms with Crippen LogP contribution in [0.4, 0.5) is 5.69 Å². The fourth-order valence-electron chi connectivity index (χ4n) is 4.80. The monoisotopic (exact) mass is 383 g/mol. The summed E-state index contributed by atoms with van der Waals surface area (Å²) in [4.78, 5) is 16.0. The molecule has 1 aromatic heterocycles. The lowest BCUT2D eigenvalue weighted by atomic mass is 9.79. The van der Waals surface area contributed by atoms with Crippen LogP contribution in [0.5, 0.6) is 0 Å². The van der Waals surface area contributed by atoms with E-state index in [1.54, 1.807) is 0 Å². The summed E-state index contributed by atoms with van der Waals surface area (Å²) in [6.07, 6.45) is 4.22. The smallest absolute Gasteiger partial charge is 0.245 e. The van der Waals surface area contributed by atoms with Crippen LogP contribution in [0.25, 0.3) is 22.0 Å². The first-order valence-electron chi connectivity index (χ1n) is 9.76. The molecule has 0 saturated carbocycles. The zero-order chi connectivity index (χ0) is 20.0. The first kappa shape index (κ1) is 17.5. The number of nitrogens with zero attached hydrogens (tertiary/aromatic N) is 4. The molecule has 29 heavy (non-hydrogen) atoms. The Morgan fingerprint density at radius 1 is 1.21 bits per heavy atom. The molecule has 2 aromatic carbocycles. The van der Waals surface area contributed by atoms with Gasteiger partial charge in [-0.3, -0.25) is 9.89 Å². The molecule has 2 fully saturated rings. The number of amides is 1. The first-order valence-corrected chi connectivity index (χ1v) is 9.76. The molecule has 0 atom stereocenters. The van der Waals surface area contributed by atoms with Crippen molar-refractivity contribution in [2.24, 2.45) is 5.41 Å². The van der Waals surface area contributed by atoms with Gasteiger partial charge >= 0.3 is 0 Å². The van der Waals surface area contributed by atoms with E-state index in [-0.39, 0.29) is 11.3 Å². The van der Waals surface area contributed by atoms with Gasteiger partial charge in [-0.05, 0) is 30.2 Å². The number of likely N-dealkylation sites (tertiary alicyclic amines) is 1. The molecule has 1 spiro atoms. The lowest BCUT2D eigenvalue weighted by Gasteiger charge is -2.47. The van der Waals surface area contributed by atoms with Gasteiger partial charge < -0.3 is 9.80 Å². The zero-order valence-corrected chi connectivity index (χ0v) is 16.1. The molecule has 2 aliphatic heterocycles. The summed E-state index contributed by atoms with van der Waals surface area (Å²) in [6.45, 7) is 6.87. The van der Waals surface area contributed by atoms with Gasteiger partial charge in [0.25, 0.3) is 0 Å². The van der Waals surface area contributed by atoms with Crippen LogP contribution >= 0.6 is 0 Å². The van der Waals surface area contributed by atoms with Crippen LogP contribution in [0, 0.1) is 16.7 Å². The molecule has 2 saturated heterocycles. The van der Waals surface area contributed by atoms with E-state index < -0.39 is 0 Å². The van der Waals surface area contributed by atoms with Crippen molar-refractivity contribution in [3.8, 4) is 17.2 Å². The minimum absolute atomic E-state index is 0.00185. The van der Waals surface area contributed by atoms with Crippen molar-refractivity contribution >= 4 is 22.5 Å². The standard InChI is InChI=1S/C23H21N5O/c1-2-22(29)28-14-23(15-28)9-10-27(13-23)21-8-4-6-16(18(21)11-24)17-5-3-7-20-19(17)12-25-26-20/h2-8,12H,1,9-10,13-15H2,(H,25,26). The van der Waals surface area contributed by atoms with E-state index in [4.69, 9.17) is 0 Å². The average molecular weight is 383 g/mol. The van der Waals surface area contributed by atoms with Crippen LogP contribution in [0.3, 0.4) is 0 Å². The van der Waals surface area contributed by atoms with E-state index in [0.29, 0.717) is 5.56 Å². The van der Waals surface area contributed by atoms with Crippen molar-refractivity contribution in [2.75, 3.05) is 31.1 Å². The Kier molecular flexibility index (Phi) is 3.92. The summed E-state index contributed by atoms with van der Waals surface area (Å²) in [5.74, 6) is 0.00185. The number of nitriles is 1. The number of hydrogen-bond acceptors (Lipinski definition) is 4. The maximum absolute atomic E-state index is 11.8. The van der Waals surface area contributed by atoms with E-state index >= 15 is 0 Å². The number of hydrogen-bond donors (Lipinski definition) is 1. The normalized spacial score (nSPS) is 17.3. The Morgan fingerprint density at radius 3 is 2.79 bits per heavy atom. The van der Waals surface area contributed by atoms with Crippen molar-refractivity contribution < 1.29 is 4.79 Å². The summed E-state index contributed by atoms with van der Waals surface area (Å²) in [5, 5.41) is 18.2. The maximum Gasteiger partial charge on any atom is 0.245 e. The number of aromatic amines is 1. The quantitative estimate of drug-likeness (QED) is 0.704. The molecule has 0 radical (unpaired) electrons. The van der Waals surface area contributed by atoms with E-state index in [0.717, 1.165) is 60.3 Å². The zero-order valence-electron chi connectivity index (χ0n) is 16.1. The Bertz CT molecular complexity index is 1170. The lowest BCUT2D eigenvalue weighted by Crippen LogP contribution is -2.59. The van der Waals surface area contributed by atoms with E-state index in [2.05, 4.69) is 27.7 Å². The average Bonchev–Trinajstić information content (AvgIpc) is 3.38. The third kappa shape index (κ3) is 2.70. The molecule has 6 nitrogen and oxygen atoms in total. The van der Waals surface area contributed by atoms with Gasteiger partial charge in [-0.25, -0.2) is 0 Å². The number of rotatable bonds is 3. The molecule has 6 heteroatoms. The molecule has 2 aliphatic rings. The molecule has 0 unspecified atom stereocenters. The van der Waals surface area contributed by atoms with Gasteiger partial charge in [0.1, 0.15) is 6.07 Å². The van der Waals surface area contributed by atoms with Crippen molar-refractivity contribution in [3.63, 3.8) is 0 Å². The van der Waals surface area contributed by atoms with Gasteiger partial charge in [0.15, 0.2) is 0 Å². The van der Waals surface area contributed by atoms with Crippen LogP contribution in [0.2, 0.25) is 0 Å². The summed E-state index contributed by atoms with van der Waals surface area (Å²) >= 11 is 0. The molecule has 0 bridgehead atoms. The van der Waals surface area contributed by atoms with Gasteiger partial charge in [0.05, 0.1) is 23.0 Å². The highest BCUT2D eigenvalue weighted by molar-refractivity contribution is 5.97. The van der Waals surface area contributed by atoms with Crippen LogP contribution in [-0.4, -0.2) is 47.2 Å². The fourth-order valence-corrected chi connectivity index (χ4v) is 4.80. The third-order valence-electron chi connectivity index (χ3n) is 6.25. The van der Waals surface area contributed by atoms with Crippen molar-refractivity contribution in [3.05, 3.63) is 60.8 Å². The van der Waals surface area contributed by atoms with Crippen LogP contribution in [-0.2, 0) is 4.79 Å². The number of benzene rings is 2. The predicted molar refractivity (Wildman–Crippen MR) is 112 cm³/mol. The largest absolute Gasteiger partial charge is 0.370 e. The Morgan fingerprint density at radius 2 is 2.00 bits per heavy atom. The Hall–Kier alpha value is -3.59. The van der Waals surface area contributed by atoms with Crippen molar-refractivity contribution in [2.45, 2.75) is 6.42 Å². The fraction of sp³-hybridized carbons (Fsp3) is 0.261. The summed E-state index contributed by atoms with van der Waals surface area (Å²) in [7, 11) is 0. The highest BCUT2D eigenvalue weighted by Crippen LogP contribution is 2.43. The van der Waals surface area contributed by atoms with Gasteiger partial charge in [-0.15, -0.1) is 0 Å². The second kappa shape index (κ2) is 6.49. The first-order chi connectivity index (χ1) is 14.1. The third-order valence-corrected chi connectivity index (χ3v) is 6.25. The molecular formula is C23H21N5O. The summed E-state index contributed by atoms with van der Waals surface area (Å²) in [6, 6.07) is 14.5. The van der Waals surface area contributed by atoms with E-state index in [1.807, 2.05) is 47.5 Å². The van der Waals surface area contributed by atoms with Crippen LogP contribution in [0.15, 0.2) is 55.3 Å². The minimum Gasteiger partial charge on any atom is -0.370 e. The number of carbonyl (C=O) groups is 1. The number of nitrogens with one attached hydrogen (secondary N) is 1. The van der Waals surface area contributed by atoms with Gasteiger partial charge in [0, 0.05) is 42.5 Å². The number of aromatic nitrogens is 2. The van der Waals surface area contributed by atoms with Crippen LogP contribution < -0.4 is 4.90 Å². The molecule has 1 amide bonds. The topological polar surface area (TPSA) is 76.0 Å². The lowest BCUT2D eigenvalue weighted by molar-refractivity contribution is -0.136. The minimum atomic E-state index is 0.00185.